The van der Waals surface area contributed by atoms with Crippen molar-refractivity contribution in [3.8, 4) is 11.1 Å². The highest BCUT2D eigenvalue weighted by Gasteiger charge is 2.37. The molecule has 0 aliphatic heterocycles. The number of carbonyl (C=O) groups excluding carboxylic acids is 1. The third kappa shape index (κ3) is 6.15. The predicted octanol–water partition coefficient (Wildman–Crippen LogP) is 4.86. The van der Waals surface area contributed by atoms with Gasteiger partial charge in [0.05, 0.1) is 11.1 Å². The Labute approximate surface area is 196 Å². The van der Waals surface area contributed by atoms with Crippen LogP contribution < -0.4 is 0 Å². The SMILES string of the molecule is CN(Cc1cc(C(F)(F)F)cc(C(F)(F)F)c1)C(=O)c1nc(S(C)(=O)=O)ncc1-c1ccccc1. The highest BCUT2D eigenvalue weighted by atomic mass is 32.2. The zero-order valence-electron chi connectivity index (χ0n) is 18.1. The highest BCUT2D eigenvalue weighted by Crippen LogP contribution is 2.36. The highest BCUT2D eigenvalue weighted by molar-refractivity contribution is 7.90. The normalized spacial score (nSPS) is 12.5. The van der Waals surface area contributed by atoms with E-state index in [1.54, 1.807) is 30.3 Å². The number of aromatic nitrogens is 2. The number of hydrogen-bond donors (Lipinski definition) is 0. The van der Waals surface area contributed by atoms with Crippen LogP contribution in [0.3, 0.4) is 0 Å². The van der Waals surface area contributed by atoms with Gasteiger partial charge >= 0.3 is 12.4 Å². The number of sulfone groups is 1. The number of carbonyl (C=O) groups is 1. The van der Waals surface area contributed by atoms with Gasteiger partial charge in [0.1, 0.15) is 5.69 Å². The lowest BCUT2D eigenvalue weighted by atomic mass is 10.0. The van der Waals surface area contributed by atoms with E-state index >= 15 is 0 Å². The Morgan fingerprint density at radius 1 is 0.943 bits per heavy atom. The molecule has 0 unspecified atom stereocenters. The Hall–Kier alpha value is -3.48. The molecule has 0 saturated heterocycles. The van der Waals surface area contributed by atoms with Gasteiger partial charge in [-0.05, 0) is 29.3 Å². The second-order valence-electron chi connectivity index (χ2n) is 7.63. The number of benzene rings is 2. The number of alkyl halides is 6. The summed E-state index contributed by atoms with van der Waals surface area (Å²) in [5, 5.41) is -0.660. The Balaban J connectivity index is 2.06. The monoisotopic (exact) mass is 517 g/mol. The molecule has 1 amide bonds. The largest absolute Gasteiger partial charge is 0.416 e. The number of nitrogens with zero attached hydrogens (tertiary/aromatic N) is 3. The molecule has 2 aromatic carbocycles. The maximum Gasteiger partial charge on any atom is 0.416 e. The minimum atomic E-state index is -5.05. The van der Waals surface area contributed by atoms with Crippen LogP contribution in [0.1, 0.15) is 27.2 Å². The van der Waals surface area contributed by atoms with E-state index in [1.165, 1.54) is 0 Å². The lowest BCUT2D eigenvalue weighted by Crippen LogP contribution is -2.28. The maximum absolute atomic E-state index is 13.2. The van der Waals surface area contributed by atoms with Crippen molar-refractivity contribution in [2.75, 3.05) is 13.3 Å². The minimum Gasteiger partial charge on any atom is -0.336 e. The fraction of sp³-hybridized carbons (Fsp3) is 0.227. The van der Waals surface area contributed by atoms with Gasteiger partial charge in [-0.25, -0.2) is 18.4 Å². The van der Waals surface area contributed by atoms with E-state index in [4.69, 9.17) is 0 Å². The molecule has 0 aliphatic rings. The molecule has 3 aromatic rings. The third-order valence-electron chi connectivity index (χ3n) is 4.80. The van der Waals surface area contributed by atoms with E-state index in [0.29, 0.717) is 17.7 Å². The summed E-state index contributed by atoms with van der Waals surface area (Å²) in [5.74, 6) is -0.929. The smallest absolute Gasteiger partial charge is 0.336 e. The van der Waals surface area contributed by atoms with E-state index in [1.807, 2.05) is 0 Å². The van der Waals surface area contributed by atoms with Crippen LogP contribution in [-0.2, 0) is 28.7 Å². The molecule has 0 aliphatic carbocycles. The van der Waals surface area contributed by atoms with Gasteiger partial charge in [-0.1, -0.05) is 30.3 Å². The summed E-state index contributed by atoms with van der Waals surface area (Å²) in [6, 6.07) is 9.17. The van der Waals surface area contributed by atoms with Crippen molar-refractivity contribution >= 4 is 15.7 Å². The summed E-state index contributed by atoms with van der Waals surface area (Å²) in [6.45, 7) is -0.641. The molecular formula is C22H17F6N3O3S. The first-order valence-electron chi connectivity index (χ1n) is 9.73. The van der Waals surface area contributed by atoms with Crippen molar-refractivity contribution in [1.82, 2.24) is 14.9 Å². The molecule has 3 rings (SSSR count). The minimum absolute atomic E-state index is 0.0123. The molecule has 1 aromatic heterocycles. The van der Waals surface area contributed by atoms with Crippen molar-refractivity contribution in [1.29, 1.82) is 0 Å². The Morgan fingerprint density at radius 3 is 1.97 bits per heavy atom. The average Bonchev–Trinajstić information content (AvgIpc) is 2.76. The summed E-state index contributed by atoms with van der Waals surface area (Å²) in [5.41, 5.74) is -3.26. The first-order chi connectivity index (χ1) is 16.1. The van der Waals surface area contributed by atoms with Gasteiger partial charge in [-0.15, -0.1) is 0 Å². The lowest BCUT2D eigenvalue weighted by Gasteiger charge is -2.20. The Bertz CT molecular complexity index is 1320. The lowest BCUT2D eigenvalue weighted by molar-refractivity contribution is -0.143. The van der Waals surface area contributed by atoms with Gasteiger partial charge in [-0.2, -0.15) is 26.3 Å². The Morgan fingerprint density at radius 2 is 1.49 bits per heavy atom. The number of halogens is 6. The second-order valence-corrected chi connectivity index (χ2v) is 9.54. The van der Waals surface area contributed by atoms with Crippen LogP contribution in [0.15, 0.2) is 59.9 Å². The van der Waals surface area contributed by atoms with Gasteiger partial charge in [0.25, 0.3) is 5.91 Å². The van der Waals surface area contributed by atoms with Crippen LogP contribution >= 0.6 is 0 Å². The second kappa shape index (κ2) is 9.29. The van der Waals surface area contributed by atoms with Crippen LogP contribution in [0.5, 0.6) is 0 Å². The van der Waals surface area contributed by atoms with E-state index in [-0.39, 0.29) is 17.3 Å². The first-order valence-corrected chi connectivity index (χ1v) is 11.6. The van der Waals surface area contributed by atoms with Crippen LogP contribution in [0.4, 0.5) is 26.3 Å². The maximum atomic E-state index is 13.2. The fourth-order valence-electron chi connectivity index (χ4n) is 3.17. The molecule has 186 valence electrons. The molecule has 0 radical (unpaired) electrons. The summed E-state index contributed by atoms with van der Waals surface area (Å²) in [6.07, 6.45) is -8.15. The third-order valence-corrected chi connectivity index (χ3v) is 5.66. The van der Waals surface area contributed by atoms with Crippen LogP contribution in [0.2, 0.25) is 0 Å². The van der Waals surface area contributed by atoms with E-state index in [0.717, 1.165) is 24.4 Å². The van der Waals surface area contributed by atoms with Crippen molar-refractivity contribution in [2.24, 2.45) is 0 Å². The van der Waals surface area contributed by atoms with Gasteiger partial charge in [-0.3, -0.25) is 4.79 Å². The van der Waals surface area contributed by atoms with E-state index < -0.39 is 56.5 Å². The van der Waals surface area contributed by atoms with E-state index in [2.05, 4.69) is 9.97 Å². The zero-order valence-corrected chi connectivity index (χ0v) is 19.0. The van der Waals surface area contributed by atoms with E-state index in [9.17, 15) is 39.6 Å². The Kier molecular flexibility index (Phi) is 6.93. The molecule has 13 heteroatoms. The molecule has 6 nitrogen and oxygen atoms in total. The van der Waals surface area contributed by atoms with Crippen LogP contribution in [0.25, 0.3) is 11.1 Å². The number of amides is 1. The summed E-state index contributed by atoms with van der Waals surface area (Å²) in [7, 11) is -2.78. The van der Waals surface area contributed by atoms with Crippen molar-refractivity contribution in [3.05, 3.63) is 77.1 Å². The van der Waals surface area contributed by atoms with Gasteiger partial charge < -0.3 is 4.90 Å². The fourth-order valence-corrected chi connectivity index (χ4v) is 3.67. The summed E-state index contributed by atoms with van der Waals surface area (Å²) >= 11 is 0. The molecular weight excluding hydrogens is 500 g/mol. The molecule has 0 N–H and O–H groups in total. The van der Waals surface area contributed by atoms with Crippen molar-refractivity contribution < 1.29 is 39.6 Å². The molecule has 0 spiro atoms. The number of rotatable bonds is 5. The molecule has 0 fully saturated rings. The molecule has 1 heterocycles. The number of hydrogen-bond acceptors (Lipinski definition) is 5. The first kappa shape index (κ1) is 26.1. The standard InChI is InChI=1S/C22H17F6N3O3S/c1-31(12-13-8-15(21(23,24)25)10-16(9-13)22(26,27)28)19(32)18-17(14-6-4-3-5-7-14)11-29-20(30-18)35(2,33)34/h3-11H,12H2,1-2H3. The van der Waals surface area contributed by atoms with Crippen molar-refractivity contribution in [3.63, 3.8) is 0 Å². The molecule has 0 saturated carbocycles. The van der Waals surface area contributed by atoms with Crippen LogP contribution in [0, 0.1) is 0 Å². The van der Waals surface area contributed by atoms with Crippen LogP contribution in [-0.4, -0.2) is 42.5 Å². The van der Waals surface area contributed by atoms with Gasteiger partial charge in [0.2, 0.25) is 15.0 Å². The summed E-state index contributed by atoms with van der Waals surface area (Å²) < 4.78 is 103. The quantitative estimate of drug-likeness (QED) is 0.357. The molecule has 0 atom stereocenters. The zero-order chi connectivity index (χ0) is 26.2. The molecule has 35 heavy (non-hydrogen) atoms. The van der Waals surface area contributed by atoms with Gasteiger partial charge in [0, 0.05) is 31.6 Å². The van der Waals surface area contributed by atoms with Gasteiger partial charge in [0.15, 0.2) is 0 Å². The topological polar surface area (TPSA) is 80.2 Å². The summed E-state index contributed by atoms with van der Waals surface area (Å²) in [4.78, 5) is 21.6. The van der Waals surface area contributed by atoms with Crippen molar-refractivity contribution in [2.45, 2.75) is 24.1 Å². The predicted molar refractivity (Wildman–Crippen MR) is 113 cm³/mol. The molecule has 0 bridgehead atoms. The average molecular weight is 517 g/mol.